The molecule has 1 aliphatic rings. The summed E-state index contributed by atoms with van der Waals surface area (Å²) in [5.41, 5.74) is 0. The molecule has 2 aromatic rings. The van der Waals surface area contributed by atoms with Crippen LogP contribution in [0.4, 0.5) is 5.82 Å². The number of rotatable bonds is 4. The van der Waals surface area contributed by atoms with Gasteiger partial charge < -0.3 is 5.32 Å². The molecular formula is C13H16ClN3S. The van der Waals surface area contributed by atoms with E-state index in [1.165, 1.54) is 24.1 Å². The maximum absolute atomic E-state index is 5.98. The van der Waals surface area contributed by atoms with Gasteiger partial charge in [0, 0.05) is 11.4 Å². The highest BCUT2D eigenvalue weighted by atomic mass is 35.5. The minimum atomic E-state index is 0.336. The summed E-state index contributed by atoms with van der Waals surface area (Å²) in [4.78, 5) is 10.9. The van der Waals surface area contributed by atoms with Crippen molar-refractivity contribution in [1.29, 1.82) is 0 Å². The zero-order valence-corrected chi connectivity index (χ0v) is 11.9. The highest BCUT2D eigenvalue weighted by Gasteiger charge is 2.18. The summed E-state index contributed by atoms with van der Waals surface area (Å²) < 4.78 is 0. The topological polar surface area (TPSA) is 37.8 Å². The number of thiophene rings is 1. The van der Waals surface area contributed by atoms with E-state index >= 15 is 0 Å². The normalized spacial score (nSPS) is 15.9. The average molecular weight is 282 g/mol. The smallest absolute Gasteiger partial charge is 0.225 e. The first-order valence-corrected chi connectivity index (χ1v) is 7.65. The van der Waals surface area contributed by atoms with Gasteiger partial charge in [0.2, 0.25) is 5.28 Å². The number of hydrogen-bond acceptors (Lipinski definition) is 4. The second kappa shape index (κ2) is 5.02. The lowest BCUT2D eigenvalue weighted by atomic mass is 9.85. The number of hydrogen-bond donors (Lipinski definition) is 1. The standard InChI is InChI=1S/C13H16ClN3S/c1-2-9-6-10-11(15-7-8-4-3-5-8)16-13(14)17-12(10)18-9/h6,8H,2-5,7H2,1H3,(H,15,16,17). The Kier molecular flexibility index (Phi) is 3.39. The summed E-state index contributed by atoms with van der Waals surface area (Å²) in [6, 6.07) is 2.18. The molecule has 3 rings (SSSR count). The molecule has 2 heterocycles. The van der Waals surface area contributed by atoms with Gasteiger partial charge in [0.25, 0.3) is 0 Å². The molecule has 5 heteroatoms. The van der Waals surface area contributed by atoms with Gasteiger partial charge in [-0.1, -0.05) is 13.3 Å². The van der Waals surface area contributed by atoms with E-state index in [1.807, 2.05) is 0 Å². The van der Waals surface area contributed by atoms with Gasteiger partial charge in [-0.3, -0.25) is 0 Å². The number of nitrogens with one attached hydrogen (secondary N) is 1. The van der Waals surface area contributed by atoms with Crippen LogP contribution in [0.15, 0.2) is 6.07 Å². The van der Waals surface area contributed by atoms with Crippen molar-refractivity contribution in [3.05, 3.63) is 16.2 Å². The Morgan fingerprint density at radius 3 is 2.94 bits per heavy atom. The summed E-state index contributed by atoms with van der Waals surface area (Å²) in [5.74, 6) is 1.70. The lowest BCUT2D eigenvalue weighted by Gasteiger charge is -2.25. The Morgan fingerprint density at radius 1 is 1.44 bits per heavy atom. The van der Waals surface area contributed by atoms with Crippen molar-refractivity contribution in [1.82, 2.24) is 9.97 Å². The van der Waals surface area contributed by atoms with Crippen molar-refractivity contribution in [3.63, 3.8) is 0 Å². The molecule has 0 amide bonds. The van der Waals surface area contributed by atoms with Crippen LogP contribution in [-0.2, 0) is 6.42 Å². The van der Waals surface area contributed by atoms with E-state index in [-0.39, 0.29) is 0 Å². The SMILES string of the molecule is CCc1cc2c(NCC3CCC3)nc(Cl)nc2s1. The summed E-state index contributed by atoms with van der Waals surface area (Å²) in [6.45, 7) is 3.15. The molecule has 0 bridgehead atoms. The largest absolute Gasteiger partial charge is 0.369 e. The highest BCUT2D eigenvalue weighted by molar-refractivity contribution is 7.18. The van der Waals surface area contributed by atoms with Crippen LogP contribution >= 0.6 is 22.9 Å². The second-order valence-electron chi connectivity index (χ2n) is 4.80. The van der Waals surface area contributed by atoms with E-state index in [4.69, 9.17) is 11.6 Å². The van der Waals surface area contributed by atoms with E-state index in [2.05, 4.69) is 28.3 Å². The maximum Gasteiger partial charge on any atom is 0.225 e. The van der Waals surface area contributed by atoms with Crippen LogP contribution in [0, 0.1) is 5.92 Å². The molecule has 3 nitrogen and oxygen atoms in total. The van der Waals surface area contributed by atoms with Crippen LogP contribution < -0.4 is 5.32 Å². The van der Waals surface area contributed by atoms with Gasteiger partial charge >= 0.3 is 0 Å². The number of nitrogens with zero attached hydrogens (tertiary/aromatic N) is 2. The van der Waals surface area contributed by atoms with Crippen LogP contribution in [0.3, 0.4) is 0 Å². The van der Waals surface area contributed by atoms with E-state index in [0.717, 1.165) is 34.9 Å². The first kappa shape index (κ1) is 12.2. The Morgan fingerprint density at radius 2 is 2.28 bits per heavy atom. The van der Waals surface area contributed by atoms with Crippen molar-refractivity contribution >= 4 is 39.0 Å². The van der Waals surface area contributed by atoms with Crippen LogP contribution in [0.1, 0.15) is 31.1 Å². The number of aryl methyl sites for hydroxylation is 1. The number of aromatic nitrogens is 2. The Labute approximate surface area is 116 Å². The Balaban J connectivity index is 1.90. The van der Waals surface area contributed by atoms with Gasteiger partial charge in [-0.25, -0.2) is 9.97 Å². The van der Waals surface area contributed by atoms with E-state index in [1.54, 1.807) is 11.3 Å². The third-order valence-electron chi connectivity index (χ3n) is 3.55. The molecule has 1 fully saturated rings. The Bertz CT molecular complexity index is 563. The predicted octanol–water partition coefficient (Wildman–Crippen LogP) is 4.12. The van der Waals surface area contributed by atoms with Crippen LogP contribution in [-0.4, -0.2) is 16.5 Å². The molecule has 2 aromatic heterocycles. The van der Waals surface area contributed by atoms with E-state index < -0.39 is 0 Å². The maximum atomic E-state index is 5.98. The molecule has 96 valence electrons. The van der Waals surface area contributed by atoms with Crippen molar-refractivity contribution < 1.29 is 0 Å². The van der Waals surface area contributed by atoms with Crippen LogP contribution in [0.2, 0.25) is 5.28 Å². The first-order chi connectivity index (χ1) is 8.76. The summed E-state index contributed by atoms with van der Waals surface area (Å²) in [6.07, 6.45) is 5.06. The molecular weight excluding hydrogens is 266 g/mol. The Hall–Kier alpha value is -0.870. The van der Waals surface area contributed by atoms with Gasteiger partial charge in [-0.2, -0.15) is 0 Å². The molecule has 1 N–H and O–H groups in total. The molecule has 0 aliphatic heterocycles. The van der Waals surface area contributed by atoms with E-state index in [9.17, 15) is 0 Å². The van der Waals surface area contributed by atoms with Gasteiger partial charge in [0.1, 0.15) is 10.6 Å². The minimum Gasteiger partial charge on any atom is -0.369 e. The molecule has 0 aromatic carbocycles. The molecule has 18 heavy (non-hydrogen) atoms. The quantitative estimate of drug-likeness (QED) is 0.857. The lowest BCUT2D eigenvalue weighted by Crippen LogP contribution is -2.21. The number of anilines is 1. The van der Waals surface area contributed by atoms with Crippen molar-refractivity contribution in [2.75, 3.05) is 11.9 Å². The fraction of sp³-hybridized carbons (Fsp3) is 0.538. The van der Waals surface area contributed by atoms with Gasteiger partial charge in [-0.15, -0.1) is 11.3 Å². The van der Waals surface area contributed by atoms with Crippen LogP contribution in [0.5, 0.6) is 0 Å². The molecule has 1 saturated carbocycles. The summed E-state index contributed by atoms with van der Waals surface area (Å²) in [7, 11) is 0. The summed E-state index contributed by atoms with van der Waals surface area (Å²) in [5, 5.41) is 4.89. The third-order valence-corrected chi connectivity index (χ3v) is 4.89. The minimum absolute atomic E-state index is 0.336. The van der Waals surface area contributed by atoms with Crippen molar-refractivity contribution in [2.24, 2.45) is 5.92 Å². The highest BCUT2D eigenvalue weighted by Crippen LogP contribution is 2.32. The average Bonchev–Trinajstić information content (AvgIpc) is 2.69. The second-order valence-corrected chi connectivity index (χ2v) is 6.26. The molecule has 0 spiro atoms. The van der Waals surface area contributed by atoms with Gasteiger partial charge in [0.05, 0.1) is 5.39 Å². The fourth-order valence-corrected chi connectivity index (χ4v) is 3.38. The molecule has 0 radical (unpaired) electrons. The zero-order valence-electron chi connectivity index (χ0n) is 10.4. The van der Waals surface area contributed by atoms with Crippen molar-refractivity contribution in [3.8, 4) is 0 Å². The van der Waals surface area contributed by atoms with Crippen molar-refractivity contribution in [2.45, 2.75) is 32.6 Å². The molecule has 0 unspecified atom stereocenters. The third kappa shape index (κ3) is 2.31. The molecule has 1 aliphatic carbocycles. The lowest BCUT2D eigenvalue weighted by molar-refractivity contribution is 0.333. The summed E-state index contributed by atoms with van der Waals surface area (Å²) >= 11 is 7.69. The van der Waals surface area contributed by atoms with E-state index in [0.29, 0.717) is 5.28 Å². The monoisotopic (exact) mass is 281 g/mol. The van der Waals surface area contributed by atoms with Crippen LogP contribution in [0.25, 0.3) is 10.2 Å². The van der Waals surface area contributed by atoms with Gasteiger partial charge in [-0.05, 0) is 42.8 Å². The first-order valence-electron chi connectivity index (χ1n) is 6.46. The predicted molar refractivity (Wildman–Crippen MR) is 77.6 cm³/mol. The number of fused-ring (bicyclic) bond motifs is 1. The zero-order chi connectivity index (χ0) is 12.5. The molecule has 0 atom stereocenters. The van der Waals surface area contributed by atoms with Gasteiger partial charge in [0.15, 0.2) is 0 Å². The number of halogens is 1. The fourth-order valence-electron chi connectivity index (χ4n) is 2.19. The molecule has 0 saturated heterocycles.